The Balaban J connectivity index is 0.00000264. The molecule has 0 spiro atoms. The zero-order valence-corrected chi connectivity index (χ0v) is 17.3. The van der Waals surface area contributed by atoms with Crippen molar-refractivity contribution in [3.8, 4) is 0 Å². The van der Waals surface area contributed by atoms with Crippen LogP contribution in [0.15, 0.2) is 4.99 Å². The Labute approximate surface area is 159 Å². The van der Waals surface area contributed by atoms with Crippen LogP contribution in [-0.4, -0.2) is 47.9 Å². The molecule has 0 radical (unpaired) electrons. The van der Waals surface area contributed by atoms with Crippen LogP contribution in [0.2, 0.25) is 0 Å². The molecule has 0 aromatic carbocycles. The van der Waals surface area contributed by atoms with Crippen LogP contribution < -0.4 is 10.6 Å². The molecule has 2 rings (SSSR count). The number of nitrogens with zero attached hydrogens (tertiary/aromatic N) is 3. The van der Waals surface area contributed by atoms with Crippen LogP contribution in [0.1, 0.15) is 35.3 Å². The number of hydrogen-bond acceptors (Lipinski definition) is 4. The van der Waals surface area contributed by atoms with Crippen molar-refractivity contribution in [3.63, 3.8) is 0 Å². The van der Waals surface area contributed by atoms with Gasteiger partial charge < -0.3 is 15.5 Å². The number of guanidine groups is 1. The largest absolute Gasteiger partial charge is 0.354 e. The first-order valence-electron chi connectivity index (χ1n) is 7.65. The standard InChI is InChI=1S/C15H25N5OS.HI/c1-10-11(2)22-14(18-10)9-17-15(16-4)19-13-5-7-20(8-6-13)12(3)21;/h13H,5-9H2,1-4H3,(H2,16,17,19);1H. The molecular formula is C15H26IN5OS. The third kappa shape index (κ3) is 5.91. The van der Waals surface area contributed by atoms with Gasteiger partial charge in [-0.05, 0) is 26.7 Å². The number of likely N-dealkylation sites (tertiary alicyclic amines) is 1. The van der Waals surface area contributed by atoms with E-state index in [1.165, 1.54) is 4.88 Å². The molecule has 0 atom stereocenters. The maximum Gasteiger partial charge on any atom is 0.219 e. The number of hydrogen-bond donors (Lipinski definition) is 2. The summed E-state index contributed by atoms with van der Waals surface area (Å²) in [5.74, 6) is 0.960. The molecule has 1 aliphatic rings. The lowest BCUT2D eigenvalue weighted by Gasteiger charge is -2.32. The normalized spacial score (nSPS) is 16.0. The fourth-order valence-electron chi connectivity index (χ4n) is 2.50. The number of aryl methyl sites for hydroxylation is 2. The molecule has 1 aromatic rings. The second-order valence-corrected chi connectivity index (χ2v) is 6.89. The number of nitrogens with one attached hydrogen (secondary N) is 2. The van der Waals surface area contributed by atoms with Gasteiger partial charge in [-0.25, -0.2) is 4.98 Å². The van der Waals surface area contributed by atoms with Crippen molar-refractivity contribution in [3.05, 3.63) is 15.6 Å². The molecule has 8 heteroatoms. The second kappa shape index (κ2) is 9.41. The lowest BCUT2D eigenvalue weighted by molar-refractivity contribution is -0.129. The van der Waals surface area contributed by atoms with E-state index in [2.05, 4.69) is 27.5 Å². The monoisotopic (exact) mass is 451 g/mol. The summed E-state index contributed by atoms with van der Waals surface area (Å²) < 4.78 is 0. The fraction of sp³-hybridized carbons (Fsp3) is 0.667. The van der Waals surface area contributed by atoms with E-state index in [1.54, 1.807) is 25.3 Å². The van der Waals surface area contributed by atoms with Gasteiger partial charge in [-0.3, -0.25) is 9.79 Å². The Bertz CT molecular complexity index is 533. The topological polar surface area (TPSA) is 69.6 Å². The van der Waals surface area contributed by atoms with Crippen molar-refractivity contribution in [2.24, 2.45) is 4.99 Å². The van der Waals surface area contributed by atoms with Crippen LogP contribution in [0.5, 0.6) is 0 Å². The lowest BCUT2D eigenvalue weighted by Crippen LogP contribution is -2.49. The molecule has 1 aromatic heterocycles. The number of piperidine rings is 1. The number of thiazole rings is 1. The molecular weight excluding hydrogens is 425 g/mol. The zero-order chi connectivity index (χ0) is 16.1. The summed E-state index contributed by atoms with van der Waals surface area (Å²) in [6, 6.07) is 0.363. The quantitative estimate of drug-likeness (QED) is 0.420. The summed E-state index contributed by atoms with van der Waals surface area (Å²) in [4.78, 5) is 23.3. The first-order valence-corrected chi connectivity index (χ1v) is 8.47. The molecule has 1 saturated heterocycles. The van der Waals surface area contributed by atoms with Crippen molar-refractivity contribution < 1.29 is 4.79 Å². The summed E-state index contributed by atoms with van der Waals surface area (Å²) in [5.41, 5.74) is 1.10. The van der Waals surface area contributed by atoms with Gasteiger partial charge in [0.25, 0.3) is 0 Å². The molecule has 2 heterocycles. The Hall–Kier alpha value is -0.900. The van der Waals surface area contributed by atoms with E-state index in [9.17, 15) is 4.79 Å². The number of amides is 1. The summed E-state index contributed by atoms with van der Waals surface area (Å²) in [6.45, 7) is 8.07. The van der Waals surface area contributed by atoms with Gasteiger partial charge in [-0.2, -0.15) is 0 Å². The lowest BCUT2D eigenvalue weighted by atomic mass is 10.1. The van der Waals surface area contributed by atoms with E-state index >= 15 is 0 Å². The molecule has 1 aliphatic heterocycles. The van der Waals surface area contributed by atoms with Crippen molar-refractivity contribution in [1.29, 1.82) is 0 Å². The van der Waals surface area contributed by atoms with Crippen molar-refractivity contribution >= 4 is 47.2 Å². The van der Waals surface area contributed by atoms with Crippen molar-refractivity contribution in [1.82, 2.24) is 20.5 Å². The molecule has 23 heavy (non-hydrogen) atoms. The first kappa shape index (κ1) is 20.1. The predicted molar refractivity (Wildman–Crippen MR) is 106 cm³/mol. The molecule has 1 amide bonds. The molecule has 0 bridgehead atoms. The van der Waals surface area contributed by atoms with Crippen LogP contribution in [0, 0.1) is 13.8 Å². The zero-order valence-electron chi connectivity index (χ0n) is 14.2. The minimum atomic E-state index is 0. The van der Waals surface area contributed by atoms with E-state index < -0.39 is 0 Å². The second-order valence-electron chi connectivity index (χ2n) is 5.60. The highest BCUT2D eigenvalue weighted by Crippen LogP contribution is 2.16. The van der Waals surface area contributed by atoms with Gasteiger partial charge in [-0.1, -0.05) is 0 Å². The molecule has 130 valence electrons. The Morgan fingerprint density at radius 1 is 1.39 bits per heavy atom. The molecule has 0 aliphatic carbocycles. The maximum absolute atomic E-state index is 11.3. The van der Waals surface area contributed by atoms with E-state index in [4.69, 9.17) is 0 Å². The van der Waals surface area contributed by atoms with Gasteiger partial charge in [0.15, 0.2) is 5.96 Å². The molecule has 2 N–H and O–H groups in total. The Morgan fingerprint density at radius 3 is 2.52 bits per heavy atom. The minimum absolute atomic E-state index is 0. The van der Waals surface area contributed by atoms with Crippen LogP contribution in [0.3, 0.4) is 0 Å². The third-order valence-corrected chi connectivity index (χ3v) is 5.06. The number of rotatable bonds is 3. The number of carbonyl (C=O) groups excluding carboxylic acids is 1. The van der Waals surface area contributed by atoms with Crippen molar-refractivity contribution in [2.45, 2.75) is 46.2 Å². The van der Waals surface area contributed by atoms with E-state index in [-0.39, 0.29) is 29.9 Å². The molecule has 1 fully saturated rings. The molecule has 6 nitrogen and oxygen atoms in total. The first-order chi connectivity index (χ1) is 10.5. The van der Waals surface area contributed by atoms with E-state index in [0.717, 1.165) is 42.6 Å². The third-order valence-electron chi connectivity index (χ3n) is 3.98. The van der Waals surface area contributed by atoms with Gasteiger partial charge in [0.1, 0.15) is 5.01 Å². The summed E-state index contributed by atoms with van der Waals surface area (Å²) in [5, 5.41) is 7.82. The molecule has 0 unspecified atom stereocenters. The number of carbonyl (C=O) groups is 1. The van der Waals surface area contributed by atoms with Crippen LogP contribution >= 0.6 is 35.3 Å². The van der Waals surface area contributed by atoms with E-state index in [0.29, 0.717) is 12.6 Å². The Morgan fingerprint density at radius 2 is 2.04 bits per heavy atom. The highest BCUT2D eigenvalue weighted by molar-refractivity contribution is 14.0. The average Bonchev–Trinajstić information content (AvgIpc) is 2.82. The van der Waals surface area contributed by atoms with E-state index in [1.807, 2.05) is 11.8 Å². The SMILES string of the molecule is CN=C(NCc1nc(C)c(C)s1)NC1CCN(C(C)=O)CC1.I. The summed E-state index contributed by atoms with van der Waals surface area (Å²) >= 11 is 1.72. The highest BCUT2D eigenvalue weighted by Gasteiger charge is 2.21. The fourth-order valence-corrected chi connectivity index (χ4v) is 3.37. The number of halogens is 1. The van der Waals surface area contributed by atoms with Crippen molar-refractivity contribution in [2.75, 3.05) is 20.1 Å². The number of aromatic nitrogens is 1. The number of aliphatic imine (C=N–C) groups is 1. The van der Waals surface area contributed by atoms with Crippen LogP contribution in [-0.2, 0) is 11.3 Å². The van der Waals surface area contributed by atoms with Gasteiger partial charge in [0, 0.05) is 38.0 Å². The van der Waals surface area contributed by atoms with Gasteiger partial charge in [-0.15, -0.1) is 35.3 Å². The predicted octanol–water partition coefficient (Wildman–Crippen LogP) is 2.05. The average molecular weight is 451 g/mol. The minimum Gasteiger partial charge on any atom is -0.354 e. The Kier molecular flexibility index (Phi) is 8.24. The highest BCUT2D eigenvalue weighted by atomic mass is 127. The van der Waals surface area contributed by atoms with Gasteiger partial charge in [0.05, 0.1) is 12.2 Å². The molecule has 0 saturated carbocycles. The smallest absolute Gasteiger partial charge is 0.219 e. The van der Waals surface area contributed by atoms with Crippen LogP contribution in [0.25, 0.3) is 0 Å². The summed E-state index contributed by atoms with van der Waals surface area (Å²) in [6.07, 6.45) is 1.91. The van der Waals surface area contributed by atoms with Crippen LogP contribution in [0.4, 0.5) is 0 Å². The van der Waals surface area contributed by atoms with Gasteiger partial charge in [0.2, 0.25) is 5.91 Å². The maximum atomic E-state index is 11.3. The van der Waals surface area contributed by atoms with Gasteiger partial charge >= 0.3 is 0 Å². The summed E-state index contributed by atoms with van der Waals surface area (Å²) in [7, 11) is 1.78.